The molecule has 4 rings (SSSR count). The summed E-state index contributed by atoms with van der Waals surface area (Å²) in [6.45, 7) is 2.71. The number of ether oxygens (including phenoxy) is 2. The molecule has 10 nitrogen and oxygen atoms in total. The van der Waals surface area contributed by atoms with E-state index in [2.05, 4.69) is 15.6 Å². The average Bonchev–Trinajstić information content (AvgIpc) is 3.41. The van der Waals surface area contributed by atoms with Crippen LogP contribution in [0.1, 0.15) is 45.6 Å². The molecule has 0 spiro atoms. The molecule has 42 heavy (non-hydrogen) atoms. The van der Waals surface area contributed by atoms with Gasteiger partial charge in [0.2, 0.25) is 11.8 Å². The normalized spacial score (nSPS) is 28.0. The predicted molar refractivity (Wildman–Crippen MR) is 140 cm³/mol. The molecule has 1 aliphatic carbocycles. The SMILES string of the molecule is CO[C@@H]1[C@@H](n2cc(-c3cc(F)c(F)c(F)c3)nn2)[C@@H](O)[C@@H](CO)O[C@H]1S[C@H](C(=O)NC(C)C)C1(O)CCC(F)(F)CC1. The minimum absolute atomic E-state index is 0.0715. The van der Waals surface area contributed by atoms with Gasteiger partial charge in [0.1, 0.15) is 40.7 Å². The maximum Gasteiger partial charge on any atom is 0.248 e. The quantitative estimate of drug-likeness (QED) is 0.245. The van der Waals surface area contributed by atoms with Crippen LogP contribution in [0.15, 0.2) is 18.3 Å². The predicted octanol–water partition coefficient (Wildman–Crippen LogP) is 2.56. The lowest BCUT2D eigenvalue weighted by Crippen LogP contribution is -2.59. The molecular formula is C26H33F5N4O6S. The number of hydrogen-bond donors (Lipinski definition) is 4. The molecule has 1 saturated carbocycles. The number of rotatable bonds is 9. The molecule has 2 heterocycles. The van der Waals surface area contributed by atoms with Crippen LogP contribution in [0, 0.1) is 17.5 Å². The van der Waals surface area contributed by atoms with E-state index in [4.69, 9.17) is 9.47 Å². The Morgan fingerprint density at radius 3 is 2.38 bits per heavy atom. The second kappa shape index (κ2) is 12.7. The largest absolute Gasteiger partial charge is 0.394 e. The number of aliphatic hydroxyl groups is 3. The topological polar surface area (TPSA) is 139 Å². The first kappa shape index (κ1) is 32.5. The van der Waals surface area contributed by atoms with E-state index in [-0.39, 0.29) is 30.1 Å². The third kappa shape index (κ3) is 6.73. The van der Waals surface area contributed by atoms with Crippen molar-refractivity contribution >= 4 is 17.7 Å². The summed E-state index contributed by atoms with van der Waals surface area (Å²) in [6.07, 6.45) is -4.57. The van der Waals surface area contributed by atoms with Crippen LogP contribution >= 0.6 is 11.8 Å². The number of aliphatic hydroxyl groups excluding tert-OH is 2. The zero-order valence-corrected chi connectivity index (χ0v) is 23.8. The highest BCUT2D eigenvalue weighted by molar-refractivity contribution is 8.01. The number of nitrogens with zero attached hydrogens (tertiary/aromatic N) is 3. The van der Waals surface area contributed by atoms with E-state index in [9.17, 15) is 42.1 Å². The van der Waals surface area contributed by atoms with Crippen LogP contribution in [-0.4, -0.2) is 96.5 Å². The Balaban J connectivity index is 1.67. The van der Waals surface area contributed by atoms with Crippen LogP contribution in [-0.2, 0) is 14.3 Å². The van der Waals surface area contributed by atoms with Gasteiger partial charge >= 0.3 is 0 Å². The number of nitrogens with one attached hydrogen (secondary N) is 1. The first-order valence-corrected chi connectivity index (χ1v) is 14.2. The minimum Gasteiger partial charge on any atom is -0.394 e. The van der Waals surface area contributed by atoms with Crippen molar-refractivity contribution in [2.45, 2.75) is 92.1 Å². The van der Waals surface area contributed by atoms with Gasteiger partial charge in [-0.3, -0.25) is 4.79 Å². The number of carbonyl (C=O) groups is 1. The Morgan fingerprint density at radius 2 is 1.83 bits per heavy atom. The zero-order chi connectivity index (χ0) is 31.0. The lowest BCUT2D eigenvalue weighted by atomic mass is 9.80. The number of hydrogen-bond acceptors (Lipinski definition) is 9. The number of aromatic nitrogens is 3. The van der Waals surface area contributed by atoms with E-state index in [1.54, 1.807) is 13.8 Å². The van der Waals surface area contributed by atoms with E-state index in [0.717, 1.165) is 28.6 Å². The van der Waals surface area contributed by atoms with Crippen LogP contribution < -0.4 is 5.32 Å². The summed E-state index contributed by atoms with van der Waals surface area (Å²) in [5.41, 5.74) is -3.19. The molecule has 1 aliphatic heterocycles. The number of amides is 1. The second-order valence-corrected chi connectivity index (χ2v) is 12.1. The summed E-state index contributed by atoms with van der Waals surface area (Å²) in [4.78, 5) is 13.3. The maximum absolute atomic E-state index is 14.0. The molecular weight excluding hydrogens is 591 g/mol. The van der Waals surface area contributed by atoms with Crippen LogP contribution in [0.25, 0.3) is 11.3 Å². The third-order valence-corrected chi connectivity index (χ3v) is 9.04. The molecule has 234 valence electrons. The van der Waals surface area contributed by atoms with Crippen LogP contribution in [0.3, 0.4) is 0 Å². The molecule has 0 radical (unpaired) electrons. The van der Waals surface area contributed by atoms with Crippen molar-refractivity contribution < 1.29 is 51.5 Å². The van der Waals surface area contributed by atoms with Crippen molar-refractivity contribution in [2.24, 2.45) is 0 Å². The summed E-state index contributed by atoms with van der Waals surface area (Å²) in [5, 5.41) is 41.8. The molecule has 1 saturated heterocycles. The standard InChI is InChI=1S/C26H33F5N4O6S/c1-12(2)32-23(38)22(25(39)4-6-26(30,31)7-5-25)42-24-21(40-3)19(20(37)17(11-36)41-24)35-10-16(33-34-35)13-8-14(27)18(29)15(28)9-13/h8-10,12,17,19-22,24,36-37,39H,4-7,11H2,1-3H3,(H,32,38)/t17-,19+,20+,21-,22-,24+/m1/s1. The maximum atomic E-state index is 14.0. The molecule has 2 fully saturated rings. The summed E-state index contributed by atoms with van der Waals surface area (Å²) in [7, 11) is 1.28. The Morgan fingerprint density at radius 1 is 1.21 bits per heavy atom. The summed E-state index contributed by atoms with van der Waals surface area (Å²) in [6, 6.07) is -0.0338. The number of halogens is 5. The average molecular weight is 625 g/mol. The summed E-state index contributed by atoms with van der Waals surface area (Å²) >= 11 is 0.803. The van der Waals surface area contributed by atoms with Crippen molar-refractivity contribution in [3.8, 4) is 11.3 Å². The van der Waals surface area contributed by atoms with Crippen molar-refractivity contribution in [1.82, 2.24) is 20.3 Å². The number of alkyl halides is 2. The third-order valence-electron chi connectivity index (χ3n) is 7.47. The molecule has 2 aliphatic rings. The fourth-order valence-corrected chi connectivity index (χ4v) is 6.80. The van der Waals surface area contributed by atoms with Gasteiger partial charge < -0.3 is 30.1 Å². The fourth-order valence-electron chi connectivity index (χ4n) is 5.22. The lowest BCUT2D eigenvalue weighted by Gasteiger charge is -2.46. The zero-order valence-electron chi connectivity index (χ0n) is 23.0. The minimum atomic E-state index is -2.98. The Labute approximate surface area is 242 Å². The van der Waals surface area contributed by atoms with Gasteiger partial charge in [-0.1, -0.05) is 5.21 Å². The van der Waals surface area contributed by atoms with Crippen LogP contribution in [0.4, 0.5) is 22.0 Å². The number of carbonyl (C=O) groups excluding carboxylic acids is 1. The Hall–Kier alpha value is -2.37. The van der Waals surface area contributed by atoms with Gasteiger partial charge in [0.25, 0.3) is 0 Å². The van der Waals surface area contributed by atoms with Crippen molar-refractivity contribution in [2.75, 3.05) is 13.7 Å². The smallest absolute Gasteiger partial charge is 0.248 e. The molecule has 16 heteroatoms. The first-order chi connectivity index (χ1) is 19.7. The molecule has 1 amide bonds. The number of methoxy groups -OCH3 is 1. The summed E-state index contributed by atoms with van der Waals surface area (Å²) in [5.74, 6) is -8.14. The highest BCUT2D eigenvalue weighted by Gasteiger charge is 2.54. The molecule has 0 bridgehead atoms. The number of benzene rings is 1. The monoisotopic (exact) mass is 624 g/mol. The van der Waals surface area contributed by atoms with Crippen molar-refractivity contribution in [1.29, 1.82) is 0 Å². The Kier molecular flexibility index (Phi) is 9.84. The van der Waals surface area contributed by atoms with Gasteiger partial charge in [-0.2, -0.15) is 0 Å². The molecule has 6 atom stereocenters. The highest BCUT2D eigenvalue weighted by atomic mass is 32.2. The van der Waals surface area contributed by atoms with Gasteiger partial charge in [-0.05, 0) is 38.8 Å². The van der Waals surface area contributed by atoms with Crippen molar-refractivity contribution in [3.05, 3.63) is 35.8 Å². The van der Waals surface area contributed by atoms with Crippen molar-refractivity contribution in [3.63, 3.8) is 0 Å². The van der Waals surface area contributed by atoms with E-state index >= 15 is 0 Å². The Bertz CT molecular complexity index is 1240. The molecule has 1 aromatic heterocycles. The lowest BCUT2D eigenvalue weighted by molar-refractivity contribution is -0.186. The van der Waals surface area contributed by atoms with E-state index in [0.29, 0.717) is 0 Å². The first-order valence-electron chi connectivity index (χ1n) is 13.3. The van der Waals surface area contributed by atoms with Gasteiger partial charge in [0.05, 0.1) is 18.4 Å². The van der Waals surface area contributed by atoms with E-state index < -0.39 is 89.4 Å². The van der Waals surface area contributed by atoms with Crippen LogP contribution in [0.5, 0.6) is 0 Å². The number of thioether (sulfide) groups is 1. The van der Waals surface area contributed by atoms with Gasteiger partial charge in [-0.15, -0.1) is 16.9 Å². The molecule has 2 aromatic rings. The van der Waals surface area contributed by atoms with Crippen LogP contribution in [0.2, 0.25) is 0 Å². The fraction of sp³-hybridized carbons (Fsp3) is 0.654. The van der Waals surface area contributed by atoms with Gasteiger partial charge in [0.15, 0.2) is 17.5 Å². The molecule has 4 N–H and O–H groups in total. The summed E-state index contributed by atoms with van der Waals surface area (Å²) < 4.78 is 81.7. The second-order valence-electron chi connectivity index (χ2n) is 10.9. The van der Waals surface area contributed by atoms with Gasteiger partial charge in [-0.25, -0.2) is 26.6 Å². The van der Waals surface area contributed by atoms with Gasteiger partial charge in [0, 0.05) is 31.6 Å². The molecule has 1 aromatic carbocycles. The van der Waals surface area contributed by atoms with E-state index in [1.165, 1.54) is 13.3 Å². The highest BCUT2D eigenvalue weighted by Crippen LogP contribution is 2.46. The molecule has 0 unspecified atom stereocenters. The van der Waals surface area contributed by atoms with E-state index in [1.807, 2.05) is 0 Å².